The van der Waals surface area contributed by atoms with Crippen LogP contribution in [-0.4, -0.2) is 11.5 Å². The lowest BCUT2D eigenvalue weighted by atomic mass is 10.1. The predicted molar refractivity (Wildman–Crippen MR) is 59.0 cm³/mol. The highest BCUT2D eigenvalue weighted by Crippen LogP contribution is 2.23. The third kappa shape index (κ3) is 1.41. The van der Waals surface area contributed by atoms with Crippen LogP contribution in [0.15, 0.2) is 24.4 Å². The van der Waals surface area contributed by atoms with Crippen molar-refractivity contribution in [3.63, 3.8) is 0 Å². The molecule has 1 unspecified atom stereocenters. The Morgan fingerprint density at radius 2 is 2.21 bits per heavy atom. The van der Waals surface area contributed by atoms with E-state index < -0.39 is 0 Å². The highest BCUT2D eigenvalue weighted by molar-refractivity contribution is 5.84. The van der Waals surface area contributed by atoms with Gasteiger partial charge < -0.3 is 16.5 Å². The molecule has 0 spiro atoms. The number of hydrogen-bond donors (Lipinski definition) is 3. The van der Waals surface area contributed by atoms with Crippen LogP contribution in [0, 0.1) is 6.92 Å². The number of aromatic nitrogens is 1. The quantitative estimate of drug-likeness (QED) is 0.669. The van der Waals surface area contributed by atoms with Gasteiger partial charge in [0.1, 0.15) is 0 Å². The smallest absolute Gasteiger partial charge is 0.0457 e. The normalized spacial score (nSPS) is 13.4. The standard InChI is InChI=1S/C11H15N3/c1-7-2-3-11-8(4-7)9(6-14-11)10(13)5-12/h2-4,6,10,14H,5,12-13H2,1H3. The number of H-pyrrole nitrogens is 1. The Kier molecular flexibility index (Phi) is 2.27. The van der Waals surface area contributed by atoms with Gasteiger partial charge in [-0.25, -0.2) is 0 Å². The highest BCUT2D eigenvalue weighted by atomic mass is 14.8. The Morgan fingerprint density at radius 3 is 2.93 bits per heavy atom. The van der Waals surface area contributed by atoms with E-state index in [9.17, 15) is 0 Å². The SMILES string of the molecule is Cc1ccc2[nH]cc(C(N)CN)c2c1. The molecule has 2 rings (SSSR count). The Morgan fingerprint density at radius 1 is 1.43 bits per heavy atom. The third-order valence-corrected chi connectivity index (χ3v) is 2.52. The first-order valence-electron chi connectivity index (χ1n) is 4.75. The second-order valence-corrected chi connectivity index (χ2v) is 3.64. The zero-order valence-electron chi connectivity index (χ0n) is 8.25. The minimum absolute atomic E-state index is 0.0782. The number of hydrogen-bond acceptors (Lipinski definition) is 2. The Balaban J connectivity index is 2.61. The lowest BCUT2D eigenvalue weighted by Crippen LogP contribution is -2.20. The van der Waals surface area contributed by atoms with Crippen LogP contribution in [-0.2, 0) is 0 Å². The van der Waals surface area contributed by atoms with Crippen molar-refractivity contribution in [3.8, 4) is 0 Å². The summed E-state index contributed by atoms with van der Waals surface area (Å²) in [5.41, 5.74) is 14.9. The van der Waals surface area contributed by atoms with Gasteiger partial charge in [-0.15, -0.1) is 0 Å². The van der Waals surface area contributed by atoms with Crippen molar-refractivity contribution in [1.29, 1.82) is 0 Å². The second kappa shape index (κ2) is 3.44. The summed E-state index contributed by atoms with van der Waals surface area (Å²) in [6.45, 7) is 2.55. The van der Waals surface area contributed by atoms with Gasteiger partial charge in [0, 0.05) is 29.7 Å². The molecule has 0 amide bonds. The summed E-state index contributed by atoms with van der Waals surface area (Å²) in [7, 11) is 0. The molecule has 0 saturated carbocycles. The largest absolute Gasteiger partial charge is 0.361 e. The van der Waals surface area contributed by atoms with Crippen molar-refractivity contribution < 1.29 is 0 Å². The maximum absolute atomic E-state index is 5.91. The van der Waals surface area contributed by atoms with Gasteiger partial charge in [-0.3, -0.25) is 0 Å². The summed E-state index contributed by atoms with van der Waals surface area (Å²) < 4.78 is 0. The van der Waals surface area contributed by atoms with Crippen LogP contribution in [0.5, 0.6) is 0 Å². The number of aromatic amines is 1. The molecule has 0 radical (unpaired) electrons. The summed E-state index contributed by atoms with van der Waals surface area (Å²) in [6.07, 6.45) is 1.95. The van der Waals surface area contributed by atoms with Crippen molar-refractivity contribution in [2.45, 2.75) is 13.0 Å². The molecule has 0 bridgehead atoms. The summed E-state index contributed by atoms with van der Waals surface area (Å²) >= 11 is 0. The van der Waals surface area contributed by atoms with Gasteiger partial charge in [-0.05, 0) is 24.6 Å². The van der Waals surface area contributed by atoms with Crippen molar-refractivity contribution in [1.82, 2.24) is 4.98 Å². The molecule has 0 aliphatic carbocycles. The van der Waals surface area contributed by atoms with E-state index in [4.69, 9.17) is 11.5 Å². The molecule has 1 atom stereocenters. The minimum atomic E-state index is -0.0782. The van der Waals surface area contributed by atoms with E-state index in [0.717, 1.165) is 11.1 Å². The van der Waals surface area contributed by atoms with Crippen molar-refractivity contribution >= 4 is 10.9 Å². The molecule has 14 heavy (non-hydrogen) atoms. The van der Waals surface area contributed by atoms with Gasteiger partial charge in [0.25, 0.3) is 0 Å². The fourth-order valence-corrected chi connectivity index (χ4v) is 1.69. The van der Waals surface area contributed by atoms with Crippen LogP contribution in [0.2, 0.25) is 0 Å². The molecule has 5 N–H and O–H groups in total. The number of nitrogens with two attached hydrogens (primary N) is 2. The van der Waals surface area contributed by atoms with Crippen molar-refractivity contribution in [3.05, 3.63) is 35.5 Å². The Bertz CT molecular complexity index is 445. The van der Waals surface area contributed by atoms with Crippen LogP contribution < -0.4 is 11.5 Å². The van der Waals surface area contributed by atoms with E-state index in [1.54, 1.807) is 0 Å². The fraction of sp³-hybridized carbons (Fsp3) is 0.273. The molecule has 0 fully saturated rings. The first-order chi connectivity index (χ1) is 6.72. The third-order valence-electron chi connectivity index (χ3n) is 2.52. The zero-order valence-corrected chi connectivity index (χ0v) is 8.25. The zero-order chi connectivity index (χ0) is 10.1. The molecule has 2 aromatic rings. The Labute approximate surface area is 83.1 Å². The molecule has 0 aliphatic heterocycles. The lowest BCUT2D eigenvalue weighted by Gasteiger charge is -2.06. The van der Waals surface area contributed by atoms with Gasteiger partial charge in [0.2, 0.25) is 0 Å². The monoisotopic (exact) mass is 189 g/mol. The van der Waals surface area contributed by atoms with E-state index in [1.807, 2.05) is 6.20 Å². The van der Waals surface area contributed by atoms with E-state index in [-0.39, 0.29) is 6.04 Å². The molecular weight excluding hydrogens is 174 g/mol. The van der Waals surface area contributed by atoms with Crippen molar-refractivity contribution in [2.75, 3.05) is 6.54 Å². The maximum atomic E-state index is 5.91. The molecule has 1 aromatic carbocycles. The van der Waals surface area contributed by atoms with Gasteiger partial charge in [0.15, 0.2) is 0 Å². The molecule has 1 aromatic heterocycles. The average molecular weight is 189 g/mol. The topological polar surface area (TPSA) is 67.8 Å². The van der Waals surface area contributed by atoms with E-state index in [1.165, 1.54) is 10.9 Å². The average Bonchev–Trinajstić information content (AvgIpc) is 2.59. The molecule has 1 heterocycles. The first-order valence-corrected chi connectivity index (χ1v) is 4.75. The van der Waals surface area contributed by atoms with E-state index in [0.29, 0.717) is 6.54 Å². The number of fused-ring (bicyclic) bond motifs is 1. The highest BCUT2D eigenvalue weighted by Gasteiger charge is 2.09. The van der Waals surface area contributed by atoms with E-state index in [2.05, 4.69) is 30.1 Å². The summed E-state index contributed by atoms with van der Waals surface area (Å²) in [5, 5.41) is 1.18. The molecule has 0 saturated heterocycles. The predicted octanol–water partition coefficient (Wildman–Crippen LogP) is 1.43. The van der Waals surface area contributed by atoms with Crippen LogP contribution >= 0.6 is 0 Å². The van der Waals surface area contributed by atoms with Crippen molar-refractivity contribution in [2.24, 2.45) is 11.5 Å². The second-order valence-electron chi connectivity index (χ2n) is 3.64. The van der Waals surface area contributed by atoms with Crippen LogP contribution in [0.3, 0.4) is 0 Å². The maximum Gasteiger partial charge on any atom is 0.0457 e. The van der Waals surface area contributed by atoms with Gasteiger partial charge in [0.05, 0.1) is 0 Å². The summed E-state index contributed by atoms with van der Waals surface area (Å²) in [6, 6.07) is 6.20. The Hall–Kier alpha value is -1.32. The summed E-state index contributed by atoms with van der Waals surface area (Å²) in [5.74, 6) is 0. The number of benzene rings is 1. The molecule has 3 heteroatoms. The van der Waals surface area contributed by atoms with Crippen LogP contribution in [0.25, 0.3) is 10.9 Å². The molecule has 74 valence electrons. The lowest BCUT2D eigenvalue weighted by molar-refractivity contribution is 0.743. The molecular formula is C11H15N3. The number of aryl methyl sites for hydroxylation is 1. The molecule has 0 aliphatic rings. The fourth-order valence-electron chi connectivity index (χ4n) is 1.69. The molecule has 3 nitrogen and oxygen atoms in total. The van der Waals surface area contributed by atoms with Gasteiger partial charge in [-0.2, -0.15) is 0 Å². The van der Waals surface area contributed by atoms with E-state index >= 15 is 0 Å². The summed E-state index contributed by atoms with van der Waals surface area (Å²) in [4.78, 5) is 3.20. The van der Waals surface area contributed by atoms with Gasteiger partial charge >= 0.3 is 0 Å². The number of nitrogens with one attached hydrogen (secondary N) is 1. The van der Waals surface area contributed by atoms with Crippen LogP contribution in [0.1, 0.15) is 17.2 Å². The van der Waals surface area contributed by atoms with Crippen LogP contribution in [0.4, 0.5) is 0 Å². The van der Waals surface area contributed by atoms with Gasteiger partial charge in [-0.1, -0.05) is 11.6 Å². The number of rotatable bonds is 2. The first kappa shape index (κ1) is 9.24. The minimum Gasteiger partial charge on any atom is -0.361 e.